The van der Waals surface area contributed by atoms with Crippen molar-refractivity contribution in [1.29, 1.82) is 0 Å². The van der Waals surface area contributed by atoms with Gasteiger partial charge < -0.3 is 4.74 Å². The number of halogens is 5. The van der Waals surface area contributed by atoms with Crippen LogP contribution < -0.4 is 4.74 Å². The second-order valence-electron chi connectivity index (χ2n) is 9.05. The molecule has 34 heavy (non-hydrogen) atoms. The van der Waals surface area contributed by atoms with Crippen molar-refractivity contribution in [3.8, 4) is 22.6 Å². The SMILES string of the molecule is CC[C@H]1CC[C@H](c2ccc(-c3cc(F)c(F)c(Oc4ccc(C(F)(F)F)cc4)c3C)cc2)CC1. The van der Waals surface area contributed by atoms with Crippen LogP contribution in [0, 0.1) is 24.5 Å². The molecule has 0 radical (unpaired) electrons. The number of rotatable bonds is 5. The molecule has 1 aliphatic rings. The Morgan fingerprint density at radius 3 is 2.06 bits per heavy atom. The van der Waals surface area contributed by atoms with Crippen molar-refractivity contribution in [2.75, 3.05) is 0 Å². The summed E-state index contributed by atoms with van der Waals surface area (Å²) in [4.78, 5) is 0. The minimum absolute atomic E-state index is 0.00965. The second kappa shape index (κ2) is 9.77. The number of alkyl halides is 3. The number of ether oxygens (including phenoxy) is 1. The highest BCUT2D eigenvalue weighted by Crippen LogP contribution is 2.40. The number of hydrogen-bond donors (Lipinski definition) is 0. The van der Waals surface area contributed by atoms with E-state index in [0.29, 0.717) is 17.0 Å². The molecule has 0 aliphatic heterocycles. The van der Waals surface area contributed by atoms with Gasteiger partial charge in [-0.05, 0) is 91.5 Å². The molecule has 0 bridgehead atoms. The lowest BCUT2D eigenvalue weighted by molar-refractivity contribution is -0.137. The van der Waals surface area contributed by atoms with Gasteiger partial charge in [0.05, 0.1) is 5.56 Å². The molecule has 0 atom stereocenters. The summed E-state index contributed by atoms with van der Waals surface area (Å²) in [7, 11) is 0. The van der Waals surface area contributed by atoms with E-state index in [1.165, 1.54) is 24.8 Å². The maximum Gasteiger partial charge on any atom is 0.416 e. The number of benzene rings is 3. The summed E-state index contributed by atoms with van der Waals surface area (Å²) >= 11 is 0. The van der Waals surface area contributed by atoms with E-state index in [0.717, 1.165) is 54.7 Å². The smallest absolute Gasteiger partial charge is 0.416 e. The van der Waals surface area contributed by atoms with E-state index in [9.17, 15) is 22.0 Å². The van der Waals surface area contributed by atoms with Crippen molar-refractivity contribution in [2.45, 2.75) is 58.0 Å². The van der Waals surface area contributed by atoms with Gasteiger partial charge in [-0.2, -0.15) is 17.6 Å². The molecule has 0 amide bonds. The lowest BCUT2D eigenvalue weighted by Gasteiger charge is -2.28. The van der Waals surface area contributed by atoms with Gasteiger partial charge in [0.25, 0.3) is 0 Å². The van der Waals surface area contributed by atoms with Crippen LogP contribution >= 0.6 is 0 Å². The molecule has 0 saturated heterocycles. The molecule has 0 heterocycles. The van der Waals surface area contributed by atoms with Crippen LogP contribution in [0.5, 0.6) is 11.5 Å². The van der Waals surface area contributed by atoms with Crippen molar-refractivity contribution < 1.29 is 26.7 Å². The molecule has 6 heteroatoms. The van der Waals surface area contributed by atoms with Crippen molar-refractivity contribution in [1.82, 2.24) is 0 Å². The van der Waals surface area contributed by atoms with Crippen molar-refractivity contribution in [3.05, 3.63) is 82.9 Å². The van der Waals surface area contributed by atoms with E-state index in [1.807, 2.05) is 24.3 Å². The van der Waals surface area contributed by atoms with Gasteiger partial charge in [-0.1, -0.05) is 37.6 Å². The topological polar surface area (TPSA) is 9.23 Å². The number of hydrogen-bond acceptors (Lipinski definition) is 1. The first kappa shape index (κ1) is 24.2. The molecule has 0 N–H and O–H groups in total. The van der Waals surface area contributed by atoms with E-state index in [4.69, 9.17) is 4.74 Å². The van der Waals surface area contributed by atoms with Gasteiger partial charge in [-0.3, -0.25) is 0 Å². The van der Waals surface area contributed by atoms with E-state index in [2.05, 4.69) is 6.92 Å². The molecule has 1 aliphatic carbocycles. The standard InChI is InChI=1S/C28H27F5O/c1-3-18-4-6-19(7-5-18)20-8-10-21(11-9-20)24-16-25(29)26(30)27(17(24)2)34-23-14-12-22(13-15-23)28(31,32)33/h8-16,18-19H,3-7H2,1-2H3/t18-,19-. The van der Waals surface area contributed by atoms with E-state index in [-0.39, 0.29) is 11.5 Å². The lowest BCUT2D eigenvalue weighted by Crippen LogP contribution is -2.12. The highest BCUT2D eigenvalue weighted by molar-refractivity contribution is 5.70. The normalized spacial score (nSPS) is 18.7. The van der Waals surface area contributed by atoms with E-state index < -0.39 is 23.4 Å². The Kier molecular flexibility index (Phi) is 6.96. The van der Waals surface area contributed by atoms with Crippen molar-refractivity contribution in [3.63, 3.8) is 0 Å². The molecular weight excluding hydrogens is 447 g/mol. The lowest BCUT2D eigenvalue weighted by atomic mass is 9.77. The van der Waals surface area contributed by atoms with Crippen LogP contribution in [0.3, 0.4) is 0 Å². The van der Waals surface area contributed by atoms with Crippen LogP contribution in [-0.4, -0.2) is 0 Å². The summed E-state index contributed by atoms with van der Waals surface area (Å²) in [6.45, 7) is 3.84. The Morgan fingerprint density at radius 2 is 1.50 bits per heavy atom. The van der Waals surface area contributed by atoms with Crippen LogP contribution in [0.25, 0.3) is 11.1 Å². The van der Waals surface area contributed by atoms with Crippen LogP contribution in [0.1, 0.15) is 61.6 Å². The average molecular weight is 475 g/mol. The first-order chi connectivity index (χ1) is 16.2. The first-order valence-corrected chi connectivity index (χ1v) is 11.6. The minimum atomic E-state index is -4.49. The third-order valence-electron chi connectivity index (χ3n) is 6.94. The van der Waals surface area contributed by atoms with Crippen LogP contribution in [0.4, 0.5) is 22.0 Å². The van der Waals surface area contributed by atoms with Gasteiger partial charge in [-0.25, -0.2) is 4.39 Å². The molecule has 1 nitrogen and oxygen atoms in total. The predicted octanol–water partition coefficient (Wildman–Crippen LogP) is 9.44. The summed E-state index contributed by atoms with van der Waals surface area (Å²) in [6, 6.07) is 12.9. The average Bonchev–Trinajstić information content (AvgIpc) is 2.84. The van der Waals surface area contributed by atoms with Crippen molar-refractivity contribution >= 4 is 0 Å². The zero-order valence-electron chi connectivity index (χ0n) is 19.2. The Hall–Kier alpha value is -2.89. The molecule has 1 fully saturated rings. The van der Waals surface area contributed by atoms with Gasteiger partial charge >= 0.3 is 6.18 Å². The van der Waals surface area contributed by atoms with Gasteiger partial charge in [0.1, 0.15) is 5.75 Å². The molecule has 4 rings (SSSR count). The second-order valence-corrected chi connectivity index (χ2v) is 9.05. The molecule has 0 aromatic heterocycles. The van der Waals surface area contributed by atoms with Crippen LogP contribution in [-0.2, 0) is 6.18 Å². The summed E-state index contributed by atoms with van der Waals surface area (Å²) < 4.78 is 73.0. The molecule has 0 unspecified atom stereocenters. The Morgan fingerprint density at radius 1 is 0.882 bits per heavy atom. The highest BCUT2D eigenvalue weighted by atomic mass is 19.4. The van der Waals surface area contributed by atoms with Gasteiger partial charge in [0.15, 0.2) is 11.6 Å². The van der Waals surface area contributed by atoms with Gasteiger partial charge in [-0.15, -0.1) is 0 Å². The maximum atomic E-state index is 14.6. The van der Waals surface area contributed by atoms with E-state index in [1.54, 1.807) is 6.92 Å². The Labute approximate surface area is 196 Å². The monoisotopic (exact) mass is 474 g/mol. The first-order valence-electron chi connectivity index (χ1n) is 11.6. The summed E-state index contributed by atoms with van der Waals surface area (Å²) in [5.41, 5.74) is 1.97. The Balaban J connectivity index is 1.59. The Bertz CT molecular complexity index is 1130. The van der Waals surface area contributed by atoms with Gasteiger partial charge in [0.2, 0.25) is 5.82 Å². The zero-order chi connectivity index (χ0) is 24.5. The fraction of sp³-hybridized carbons (Fsp3) is 0.357. The molecule has 3 aromatic carbocycles. The molecule has 180 valence electrons. The largest absolute Gasteiger partial charge is 0.454 e. The summed E-state index contributed by atoms with van der Waals surface area (Å²) in [5, 5.41) is 0. The third-order valence-corrected chi connectivity index (χ3v) is 6.94. The predicted molar refractivity (Wildman–Crippen MR) is 123 cm³/mol. The molecule has 0 spiro atoms. The molecule has 3 aromatic rings. The highest BCUT2D eigenvalue weighted by Gasteiger charge is 2.30. The maximum absolute atomic E-state index is 14.6. The summed E-state index contributed by atoms with van der Waals surface area (Å²) in [6.07, 6.45) is 1.51. The fourth-order valence-electron chi connectivity index (χ4n) is 4.78. The third kappa shape index (κ3) is 5.11. The fourth-order valence-corrected chi connectivity index (χ4v) is 4.78. The quantitative estimate of drug-likeness (QED) is 0.335. The zero-order valence-corrected chi connectivity index (χ0v) is 19.2. The van der Waals surface area contributed by atoms with Crippen LogP contribution in [0.2, 0.25) is 0 Å². The summed E-state index contributed by atoms with van der Waals surface area (Å²) in [5.74, 6) is -1.28. The van der Waals surface area contributed by atoms with Gasteiger partial charge in [0, 0.05) is 5.56 Å². The molecule has 1 saturated carbocycles. The van der Waals surface area contributed by atoms with Crippen molar-refractivity contribution in [2.24, 2.45) is 5.92 Å². The minimum Gasteiger partial charge on any atom is -0.454 e. The molecular formula is C28H27F5O. The van der Waals surface area contributed by atoms with E-state index >= 15 is 0 Å². The van der Waals surface area contributed by atoms with Crippen LogP contribution in [0.15, 0.2) is 54.6 Å².